The molecule has 1 aliphatic rings. The lowest BCUT2D eigenvalue weighted by Gasteiger charge is -2.03. The molecule has 0 amide bonds. The van der Waals surface area contributed by atoms with Crippen LogP contribution in [-0.2, 0) is 0 Å². The largest absolute Gasteiger partial charge is 0.490 e. The maximum Gasteiger partial charge on any atom is 0.133 e. The standard InChI is InChI=1S/C8H7ClINO/c9-7-3-6(4-8(10)11-7)12-5-1-2-5/h3-5H,1-2H2. The normalized spacial score (nSPS) is 16.2. The predicted octanol–water partition coefficient (Wildman–Crippen LogP) is 2.88. The molecule has 12 heavy (non-hydrogen) atoms. The van der Waals surface area contributed by atoms with E-state index in [0.29, 0.717) is 11.3 Å². The Morgan fingerprint density at radius 3 is 2.83 bits per heavy atom. The molecule has 4 heteroatoms. The van der Waals surface area contributed by atoms with Crippen molar-refractivity contribution in [3.8, 4) is 5.75 Å². The third-order valence-corrected chi connectivity index (χ3v) is 2.31. The van der Waals surface area contributed by atoms with Crippen LogP contribution in [0.2, 0.25) is 5.15 Å². The Morgan fingerprint density at radius 2 is 2.25 bits per heavy atom. The SMILES string of the molecule is Clc1cc(OC2CC2)cc(I)n1. The van der Waals surface area contributed by atoms with Crippen LogP contribution in [-0.4, -0.2) is 11.1 Å². The predicted molar refractivity (Wildman–Crippen MR) is 55.6 cm³/mol. The molecular weight excluding hydrogens is 288 g/mol. The molecule has 1 aromatic heterocycles. The summed E-state index contributed by atoms with van der Waals surface area (Å²) in [5, 5.41) is 0.498. The van der Waals surface area contributed by atoms with Gasteiger partial charge in [-0.3, -0.25) is 0 Å². The molecule has 2 rings (SSSR count). The molecule has 1 heterocycles. The number of hydrogen-bond donors (Lipinski definition) is 0. The summed E-state index contributed by atoms with van der Waals surface area (Å²) in [5.41, 5.74) is 0. The maximum atomic E-state index is 5.76. The average molecular weight is 296 g/mol. The molecule has 1 aliphatic carbocycles. The lowest BCUT2D eigenvalue weighted by molar-refractivity contribution is 0.302. The van der Waals surface area contributed by atoms with E-state index in [1.165, 1.54) is 0 Å². The van der Waals surface area contributed by atoms with Crippen molar-refractivity contribution in [2.45, 2.75) is 18.9 Å². The summed E-state index contributed by atoms with van der Waals surface area (Å²) < 4.78 is 6.43. The van der Waals surface area contributed by atoms with Crippen molar-refractivity contribution in [2.24, 2.45) is 0 Å². The Bertz CT molecular complexity index is 281. The van der Waals surface area contributed by atoms with Crippen LogP contribution in [0.25, 0.3) is 0 Å². The molecule has 0 saturated heterocycles. The first-order valence-electron chi connectivity index (χ1n) is 3.74. The number of aromatic nitrogens is 1. The van der Waals surface area contributed by atoms with Gasteiger partial charge in [0.2, 0.25) is 0 Å². The van der Waals surface area contributed by atoms with Gasteiger partial charge in [-0.05, 0) is 35.4 Å². The van der Waals surface area contributed by atoms with Crippen molar-refractivity contribution in [2.75, 3.05) is 0 Å². The van der Waals surface area contributed by atoms with Crippen LogP contribution in [0.1, 0.15) is 12.8 Å². The number of pyridine rings is 1. The summed E-state index contributed by atoms with van der Waals surface area (Å²) in [7, 11) is 0. The van der Waals surface area contributed by atoms with E-state index in [2.05, 4.69) is 27.6 Å². The van der Waals surface area contributed by atoms with Gasteiger partial charge in [0.05, 0.1) is 6.10 Å². The first kappa shape index (κ1) is 8.56. The number of nitrogens with zero attached hydrogens (tertiary/aromatic N) is 1. The molecule has 1 saturated carbocycles. The minimum absolute atomic E-state index is 0.416. The average Bonchev–Trinajstić information content (AvgIpc) is 2.68. The van der Waals surface area contributed by atoms with Crippen LogP contribution >= 0.6 is 34.2 Å². The molecule has 0 N–H and O–H groups in total. The van der Waals surface area contributed by atoms with Crippen molar-refractivity contribution in [1.29, 1.82) is 0 Å². The Labute approximate surface area is 89.4 Å². The van der Waals surface area contributed by atoms with Gasteiger partial charge in [-0.2, -0.15) is 0 Å². The summed E-state index contributed by atoms with van der Waals surface area (Å²) in [5.74, 6) is 0.835. The van der Waals surface area contributed by atoms with Gasteiger partial charge in [0.15, 0.2) is 0 Å². The summed E-state index contributed by atoms with van der Waals surface area (Å²) in [6.45, 7) is 0. The molecule has 1 aromatic rings. The van der Waals surface area contributed by atoms with E-state index in [9.17, 15) is 0 Å². The summed E-state index contributed by atoms with van der Waals surface area (Å²) >= 11 is 7.88. The third kappa shape index (κ3) is 2.23. The molecule has 0 bridgehead atoms. The van der Waals surface area contributed by atoms with Crippen molar-refractivity contribution in [1.82, 2.24) is 4.98 Å². The van der Waals surface area contributed by atoms with Gasteiger partial charge in [-0.1, -0.05) is 11.6 Å². The number of ether oxygens (including phenoxy) is 1. The van der Waals surface area contributed by atoms with Crippen molar-refractivity contribution < 1.29 is 4.74 Å². The monoisotopic (exact) mass is 295 g/mol. The van der Waals surface area contributed by atoms with Crippen LogP contribution in [0.15, 0.2) is 12.1 Å². The Balaban J connectivity index is 2.18. The van der Waals surface area contributed by atoms with Crippen molar-refractivity contribution in [3.05, 3.63) is 21.0 Å². The van der Waals surface area contributed by atoms with E-state index in [1.54, 1.807) is 6.07 Å². The quantitative estimate of drug-likeness (QED) is 0.618. The molecule has 0 unspecified atom stereocenters. The molecule has 0 atom stereocenters. The van der Waals surface area contributed by atoms with E-state index in [1.807, 2.05) is 6.07 Å². The number of rotatable bonds is 2. The lowest BCUT2D eigenvalue weighted by atomic mass is 10.4. The molecule has 0 radical (unpaired) electrons. The Kier molecular flexibility index (Phi) is 2.41. The highest BCUT2D eigenvalue weighted by atomic mass is 127. The zero-order chi connectivity index (χ0) is 8.55. The fourth-order valence-corrected chi connectivity index (χ4v) is 1.80. The van der Waals surface area contributed by atoms with Gasteiger partial charge in [0, 0.05) is 12.1 Å². The zero-order valence-electron chi connectivity index (χ0n) is 6.26. The third-order valence-electron chi connectivity index (χ3n) is 1.56. The zero-order valence-corrected chi connectivity index (χ0v) is 9.17. The molecule has 0 aliphatic heterocycles. The first-order valence-corrected chi connectivity index (χ1v) is 5.19. The second-order valence-electron chi connectivity index (χ2n) is 2.77. The fourth-order valence-electron chi connectivity index (χ4n) is 0.889. The minimum Gasteiger partial charge on any atom is -0.490 e. The summed E-state index contributed by atoms with van der Waals surface area (Å²) in [6, 6.07) is 3.65. The summed E-state index contributed by atoms with van der Waals surface area (Å²) in [6.07, 6.45) is 2.74. The molecule has 0 aromatic carbocycles. The first-order chi connectivity index (χ1) is 5.74. The molecule has 2 nitrogen and oxygen atoms in total. The minimum atomic E-state index is 0.416. The fraction of sp³-hybridized carbons (Fsp3) is 0.375. The van der Waals surface area contributed by atoms with Crippen LogP contribution in [0.3, 0.4) is 0 Å². The number of hydrogen-bond acceptors (Lipinski definition) is 2. The van der Waals surface area contributed by atoms with E-state index < -0.39 is 0 Å². The van der Waals surface area contributed by atoms with Gasteiger partial charge >= 0.3 is 0 Å². The Morgan fingerprint density at radius 1 is 1.50 bits per heavy atom. The topological polar surface area (TPSA) is 22.1 Å². The van der Waals surface area contributed by atoms with Crippen LogP contribution in [0.5, 0.6) is 5.75 Å². The highest BCUT2D eigenvalue weighted by Crippen LogP contribution is 2.28. The van der Waals surface area contributed by atoms with Crippen LogP contribution < -0.4 is 4.74 Å². The number of halogens is 2. The van der Waals surface area contributed by atoms with E-state index >= 15 is 0 Å². The van der Waals surface area contributed by atoms with Gasteiger partial charge in [-0.15, -0.1) is 0 Å². The van der Waals surface area contributed by atoms with Gasteiger partial charge in [0.25, 0.3) is 0 Å². The molecule has 64 valence electrons. The van der Waals surface area contributed by atoms with Crippen molar-refractivity contribution >= 4 is 34.2 Å². The van der Waals surface area contributed by atoms with Gasteiger partial charge in [-0.25, -0.2) is 4.98 Å². The maximum absolute atomic E-state index is 5.76. The van der Waals surface area contributed by atoms with Gasteiger partial charge in [0.1, 0.15) is 14.6 Å². The lowest BCUT2D eigenvalue weighted by Crippen LogP contribution is -1.96. The Hall–Kier alpha value is -0.0300. The van der Waals surface area contributed by atoms with E-state index in [-0.39, 0.29) is 0 Å². The second-order valence-corrected chi connectivity index (χ2v) is 4.26. The summed E-state index contributed by atoms with van der Waals surface area (Å²) in [4.78, 5) is 4.03. The van der Waals surface area contributed by atoms with Crippen molar-refractivity contribution in [3.63, 3.8) is 0 Å². The van der Waals surface area contributed by atoms with E-state index in [4.69, 9.17) is 16.3 Å². The highest BCUT2D eigenvalue weighted by molar-refractivity contribution is 14.1. The second kappa shape index (κ2) is 3.38. The van der Waals surface area contributed by atoms with Gasteiger partial charge < -0.3 is 4.74 Å². The molecular formula is C8H7ClINO. The van der Waals surface area contributed by atoms with E-state index in [0.717, 1.165) is 22.3 Å². The molecule has 1 fully saturated rings. The van der Waals surface area contributed by atoms with Crippen LogP contribution in [0.4, 0.5) is 0 Å². The smallest absolute Gasteiger partial charge is 0.133 e. The molecule has 0 spiro atoms. The van der Waals surface area contributed by atoms with Crippen LogP contribution in [0, 0.1) is 3.70 Å². The highest BCUT2D eigenvalue weighted by Gasteiger charge is 2.23.